The lowest BCUT2D eigenvalue weighted by Gasteiger charge is -2.22. The number of carbonyl (C=O) groups is 1. The summed E-state index contributed by atoms with van der Waals surface area (Å²) in [5.41, 5.74) is 4.87. The number of esters is 1. The number of carbonyl (C=O) groups excluding carboxylic acids is 1. The Morgan fingerprint density at radius 1 is 1.00 bits per heavy atom. The molecule has 2 aliphatic rings. The number of benzene rings is 3. The van der Waals surface area contributed by atoms with Crippen molar-refractivity contribution in [1.29, 1.82) is 0 Å². The molecule has 1 N–H and O–H groups in total. The van der Waals surface area contributed by atoms with Crippen LogP contribution >= 0.6 is 11.8 Å². The smallest absolute Gasteiger partial charge is 0.341 e. The summed E-state index contributed by atoms with van der Waals surface area (Å²) >= 11 is 1.81. The number of hydrogen-bond donors (Lipinski definition) is 1. The minimum absolute atomic E-state index is 0.166. The second-order valence-electron chi connectivity index (χ2n) is 7.34. The van der Waals surface area contributed by atoms with Gasteiger partial charge >= 0.3 is 5.97 Å². The van der Waals surface area contributed by atoms with Crippen LogP contribution in [0.4, 0.5) is 5.69 Å². The van der Waals surface area contributed by atoms with E-state index in [-0.39, 0.29) is 11.2 Å². The molecular weight excluding hydrogens is 394 g/mol. The molecule has 3 aromatic carbocycles. The Bertz CT molecular complexity index is 1140. The van der Waals surface area contributed by atoms with Crippen molar-refractivity contribution in [2.45, 2.75) is 23.0 Å². The van der Waals surface area contributed by atoms with Gasteiger partial charge in [-0.3, -0.25) is 0 Å². The van der Waals surface area contributed by atoms with Gasteiger partial charge in [0.15, 0.2) is 0 Å². The van der Waals surface area contributed by atoms with Gasteiger partial charge in [-0.05, 0) is 41.5 Å². The largest absolute Gasteiger partial charge is 0.497 e. The lowest BCUT2D eigenvalue weighted by atomic mass is 9.96. The fourth-order valence-electron chi connectivity index (χ4n) is 3.87. The molecule has 4 nitrogen and oxygen atoms in total. The monoisotopic (exact) mass is 415 g/mol. The van der Waals surface area contributed by atoms with Gasteiger partial charge in [-0.15, -0.1) is 11.8 Å². The van der Waals surface area contributed by atoms with Crippen LogP contribution in [0.15, 0.2) is 89.0 Å². The Labute approximate surface area is 179 Å². The zero-order valence-corrected chi connectivity index (χ0v) is 17.4. The Morgan fingerprint density at radius 3 is 2.60 bits per heavy atom. The van der Waals surface area contributed by atoms with E-state index in [9.17, 15) is 4.79 Å². The molecule has 2 aliphatic heterocycles. The van der Waals surface area contributed by atoms with E-state index in [0.717, 1.165) is 22.7 Å². The summed E-state index contributed by atoms with van der Waals surface area (Å²) in [4.78, 5) is 14.0. The average molecular weight is 416 g/mol. The van der Waals surface area contributed by atoms with Crippen LogP contribution in [0.1, 0.15) is 22.8 Å². The summed E-state index contributed by atoms with van der Waals surface area (Å²) < 4.78 is 10.9. The molecule has 0 bridgehead atoms. The minimum atomic E-state index is -0.269. The van der Waals surface area contributed by atoms with Crippen LogP contribution in [0.2, 0.25) is 0 Å². The molecule has 0 spiro atoms. The van der Waals surface area contributed by atoms with Gasteiger partial charge in [-0.25, -0.2) is 4.79 Å². The molecule has 0 radical (unpaired) electrons. The van der Waals surface area contributed by atoms with Gasteiger partial charge in [0.2, 0.25) is 0 Å². The van der Waals surface area contributed by atoms with Crippen molar-refractivity contribution >= 4 is 23.4 Å². The maximum Gasteiger partial charge on any atom is 0.341 e. The molecule has 3 aromatic rings. The molecule has 0 amide bonds. The first kappa shape index (κ1) is 18.8. The van der Waals surface area contributed by atoms with E-state index in [1.54, 1.807) is 7.11 Å². The fraction of sp³-hybridized carbons (Fsp3) is 0.160. The van der Waals surface area contributed by atoms with Crippen LogP contribution < -0.4 is 14.8 Å². The average Bonchev–Trinajstić information content (AvgIpc) is 2.98. The Hall–Kier alpha value is -3.18. The van der Waals surface area contributed by atoms with E-state index in [1.807, 2.05) is 60.3 Å². The minimum Gasteiger partial charge on any atom is -0.497 e. The summed E-state index contributed by atoms with van der Waals surface area (Å²) in [5, 5.41) is 3.71. The highest BCUT2D eigenvalue weighted by Gasteiger charge is 2.29. The van der Waals surface area contributed by atoms with Gasteiger partial charge in [0.05, 0.1) is 18.4 Å². The van der Waals surface area contributed by atoms with Gasteiger partial charge in [0, 0.05) is 28.7 Å². The third-order valence-electron chi connectivity index (χ3n) is 5.47. The first-order chi connectivity index (χ1) is 14.7. The van der Waals surface area contributed by atoms with Crippen molar-refractivity contribution in [2.24, 2.45) is 0 Å². The summed E-state index contributed by atoms with van der Waals surface area (Å²) in [7, 11) is 1.67. The first-order valence-electron chi connectivity index (χ1n) is 9.90. The highest BCUT2D eigenvalue weighted by molar-refractivity contribution is 7.99. The molecule has 1 atom stereocenters. The second kappa shape index (κ2) is 7.92. The normalized spacial score (nSPS) is 20.3. The van der Waals surface area contributed by atoms with Crippen molar-refractivity contribution in [1.82, 2.24) is 0 Å². The molecule has 0 saturated carbocycles. The number of nitrogens with one attached hydrogen (secondary N) is 1. The van der Waals surface area contributed by atoms with Gasteiger partial charge in [0.25, 0.3) is 0 Å². The van der Waals surface area contributed by atoms with Crippen molar-refractivity contribution in [3.8, 4) is 11.5 Å². The molecule has 0 fully saturated rings. The summed E-state index contributed by atoms with van der Waals surface area (Å²) in [5.74, 6) is 1.22. The predicted molar refractivity (Wildman–Crippen MR) is 119 cm³/mol. The number of hydrogen-bond acceptors (Lipinski definition) is 5. The summed E-state index contributed by atoms with van der Waals surface area (Å²) in [6.07, 6.45) is 1.28. The van der Waals surface area contributed by atoms with Crippen LogP contribution in [-0.4, -0.2) is 13.1 Å². The lowest BCUT2D eigenvalue weighted by molar-refractivity contribution is -0.130. The van der Waals surface area contributed by atoms with Crippen LogP contribution in [-0.2, 0) is 11.2 Å². The third kappa shape index (κ3) is 3.57. The quantitative estimate of drug-likeness (QED) is 0.328. The molecule has 150 valence electrons. The van der Waals surface area contributed by atoms with Crippen LogP contribution in [0.5, 0.6) is 11.5 Å². The number of thioether (sulfide) groups is 1. The van der Waals surface area contributed by atoms with Crippen molar-refractivity contribution in [2.75, 3.05) is 12.4 Å². The van der Waals surface area contributed by atoms with Crippen LogP contribution in [0, 0.1) is 0 Å². The van der Waals surface area contributed by atoms with Gasteiger partial charge < -0.3 is 14.8 Å². The van der Waals surface area contributed by atoms with Crippen molar-refractivity contribution in [3.63, 3.8) is 0 Å². The lowest BCUT2D eigenvalue weighted by Crippen LogP contribution is -2.23. The molecular formula is C25H21NO3S. The first-order valence-corrected chi connectivity index (χ1v) is 10.8. The molecule has 2 heterocycles. The van der Waals surface area contributed by atoms with E-state index >= 15 is 0 Å². The zero-order chi connectivity index (χ0) is 20.5. The second-order valence-corrected chi connectivity index (χ2v) is 8.58. The van der Waals surface area contributed by atoms with Crippen LogP contribution in [0.25, 0.3) is 0 Å². The molecule has 0 aliphatic carbocycles. The Kier molecular flexibility index (Phi) is 4.97. The van der Waals surface area contributed by atoms with Gasteiger partial charge in [-0.1, -0.05) is 42.5 Å². The van der Waals surface area contributed by atoms with E-state index in [4.69, 9.17) is 9.47 Å². The number of allylic oxidation sites excluding steroid dienone is 1. The van der Waals surface area contributed by atoms with Crippen LogP contribution in [0.3, 0.4) is 0 Å². The fourth-order valence-corrected chi connectivity index (χ4v) is 5.13. The number of anilines is 1. The molecule has 5 rings (SSSR count). The van der Waals surface area contributed by atoms with Gasteiger partial charge in [0.1, 0.15) is 11.5 Å². The third-order valence-corrected chi connectivity index (χ3v) is 6.81. The summed E-state index contributed by atoms with van der Waals surface area (Å²) in [6, 6.07) is 24.1. The molecule has 5 heteroatoms. The van der Waals surface area contributed by atoms with E-state index < -0.39 is 0 Å². The van der Waals surface area contributed by atoms with Crippen molar-refractivity contribution < 1.29 is 14.3 Å². The Morgan fingerprint density at radius 2 is 1.77 bits per heavy atom. The predicted octanol–water partition coefficient (Wildman–Crippen LogP) is 5.76. The number of para-hydroxylation sites is 2. The number of fused-ring (bicyclic) bond motifs is 2. The van der Waals surface area contributed by atoms with Crippen molar-refractivity contribution in [3.05, 3.63) is 95.2 Å². The van der Waals surface area contributed by atoms with E-state index in [1.165, 1.54) is 10.5 Å². The van der Waals surface area contributed by atoms with E-state index in [2.05, 4.69) is 29.6 Å². The highest BCUT2D eigenvalue weighted by Crippen LogP contribution is 2.47. The zero-order valence-electron chi connectivity index (χ0n) is 16.6. The number of methoxy groups -OCH3 is 1. The standard InChI is InChI=1S/C25H21NO3S/c1-28-18-12-10-16(11-13-18)24-15-21(26-20-7-3-5-9-23(20)30-24)19-14-17-6-2-4-8-22(17)29-25(19)27/h2-13,24,26H,14-15H2,1H3/b21-19-. The summed E-state index contributed by atoms with van der Waals surface area (Å²) in [6.45, 7) is 0. The van der Waals surface area contributed by atoms with E-state index in [0.29, 0.717) is 24.2 Å². The molecule has 30 heavy (non-hydrogen) atoms. The topological polar surface area (TPSA) is 47.6 Å². The highest BCUT2D eigenvalue weighted by atomic mass is 32.2. The maximum absolute atomic E-state index is 12.9. The molecule has 0 saturated heterocycles. The SMILES string of the molecule is COc1ccc(C2C/C(=C3\Cc4ccccc4OC3=O)Nc3ccccc3S2)cc1. The molecule has 1 unspecified atom stereocenters. The Balaban J connectivity index is 1.57. The number of ether oxygens (including phenoxy) is 2. The maximum atomic E-state index is 12.9. The van der Waals surface area contributed by atoms with Gasteiger partial charge in [-0.2, -0.15) is 0 Å². The number of rotatable bonds is 2. The molecule has 0 aromatic heterocycles.